The number of hydrogen-bond acceptors (Lipinski definition) is 3. The first-order valence-electron chi connectivity index (χ1n) is 8.49. The zero-order valence-electron chi connectivity index (χ0n) is 13.4. The number of nitrogens with zero attached hydrogens (tertiary/aromatic N) is 2. The fourth-order valence-corrected chi connectivity index (χ4v) is 3.67. The van der Waals surface area contributed by atoms with Gasteiger partial charge in [0.05, 0.1) is 6.10 Å². The maximum absolute atomic E-state index is 12.5. The third kappa shape index (κ3) is 3.18. The minimum absolute atomic E-state index is 0.134. The van der Waals surface area contributed by atoms with E-state index >= 15 is 0 Å². The lowest BCUT2D eigenvalue weighted by atomic mass is 10.1. The Morgan fingerprint density at radius 1 is 1.14 bits per heavy atom. The van der Waals surface area contributed by atoms with Gasteiger partial charge in [-0.1, -0.05) is 19.1 Å². The van der Waals surface area contributed by atoms with Gasteiger partial charge in [-0.2, -0.15) is 0 Å². The SMILES string of the molecule is CCc1ccc(C(=O)N2CCN(C3CCCC3O)CC2)cc1. The molecule has 0 bridgehead atoms. The Hall–Kier alpha value is -1.39. The normalized spacial score (nSPS) is 26.4. The molecular weight excluding hydrogens is 276 g/mol. The van der Waals surface area contributed by atoms with Crippen molar-refractivity contribution in [1.29, 1.82) is 0 Å². The van der Waals surface area contributed by atoms with Crippen LogP contribution in [0.25, 0.3) is 0 Å². The van der Waals surface area contributed by atoms with Gasteiger partial charge in [0.2, 0.25) is 0 Å². The molecule has 1 N–H and O–H groups in total. The molecule has 4 heteroatoms. The fourth-order valence-electron chi connectivity index (χ4n) is 3.67. The van der Waals surface area contributed by atoms with Crippen molar-refractivity contribution in [3.8, 4) is 0 Å². The van der Waals surface area contributed by atoms with Gasteiger partial charge in [-0.3, -0.25) is 9.69 Å². The Labute approximate surface area is 132 Å². The molecule has 120 valence electrons. The molecule has 1 saturated carbocycles. The quantitative estimate of drug-likeness (QED) is 0.928. The van der Waals surface area contributed by atoms with E-state index in [-0.39, 0.29) is 12.0 Å². The van der Waals surface area contributed by atoms with Crippen molar-refractivity contribution in [3.05, 3.63) is 35.4 Å². The summed E-state index contributed by atoms with van der Waals surface area (Å²) in [7, 11) is 0. The van der Waals surface area contributed by atoms with Gasteiger partial charge in [0.1, 0.15) is 0 Å². The molecule has 3 rings (SSSR count). The van der Waals surface area contributed by atoms with Gasteiger partial charge in [-0.05, 0) is 43.4 Å². The zero-order valence-corrected chi connectivity index (χ0v) is 13.4. The van der Waals surface area contributed by atoms with Crippen molar-refractivity contribution >= 4 is 5.91 Å². The Bertz CT molecular complexity index is 506. The van der Waals surface area contributed by atoms with Crippen LogP contribution in [0.2, 0.25) is 0 Å². The molecule has 1 saturated heterocycles. The van der Waals surface area contributed by atoms with E-state index in [9.17, 15) is 9.90 Å². The predicted molar refractivity (Wildman–Crippen MR) is 86.9 cm³/mol. The van der Waals surface area contributed by atoms with Gasteiger partial charge in [0.25, 0.3) is 5.91 Å². The van der Waals surface area contributed by atoms with Crippen LogP contribution in [0.1, 0.15) is 42.1 Å². The summed E-state index contributed by atoms with van der Waals surface area (Å²) in [6, 6.07) is 8.26. The highest BCUT2D eigenvalue weighted by molar-refractivity contribution is 5.94. The summed E-state index contributed by atoms with van der Waals surface area (Å²) in [4.78, 5) is 16.9. The topological polar surface area (TPSA) is 43.8 Å². The highest BCUT2D eigenvalue weighted by Crippen LogP contribution is 2.25. The van der Waals surface area contributed by atoms with Crippen molar-refractivity contribution in [2.75, 3.05) is 26.2 Å². The van der Waals surface area contributed by atoms with Crippen molar-refractivity contribution in [1.82, 2.24) is 9.80 Å². The molecule has 22 heavy (non-hydrogen) atoms. The van der Waals surface area contributed by atoms with Crippen LogP contribution in [0, 0.1) is 0 Å². The van der Waals surface area contributed by atoms with Gasteiger partial charge in [0, 0.05) is 37.8 Å². The standard InChI is InChI=1S/C18H26N2O2/c1-2-14-6-8-15(9-7-14)18(22)20-12-10-19(11-13-20)16-4-3-5-17(16)21/h6-9,16-17,21H,2-5,10-13H2,1H3. The molecule has 0 radical (unpaired) electrons. The van der Waals surface area contributed by atoms with E-state index in [4.69, 9.17) is 0 Å². The minimum atomic E-state index is -0.177. The van der Waals surface area contributed by atoms with Crippen molar-refractivity contribution in [3.63, 3.8) is 0 Å². The van der Waals surface area contributed by atoms with E-state index in [2.05, 4.69) is 11.8 Å². The Morgan fingerprint density at radius 3 is 2.36 bits per heavy atom. The minimum Gasteiger partial charge on any atom is -0.391 e. The number of aliphatic hydroxyl groups is 1. The summed E-state index contributed by atoms with van der Waals surface area (Å²) < 4.78 is 0. The number of aliphatic hydroxyl groups excluding tert-OH is 1. The van der Waals surface area contributed by atoms with E-state index in [0.717, 1.165) is 57.4 Å². The second kappa shape index (κ2) is 6.80. The number of amides is 1. The lowest BCUT2D eigenvalue weighted by Crippen LogP contribution is -2.53. The van der Waals surface area contributed by atoms with Crippen LogP contribution in [0.3, 0.4) is 0 Å². The summed E-state index contributed by atoms with van der Waals surface area (Å²) in [6.07, 6.45) is 3.95. The summed E-state index contributed by atoms with van der Waals surface area (Å²) >= 11 is 0. The number of benzene rings is 1. The lowest BCUT2D eigenvalue weighted by Gasteiger charge is -2.39. The number of hydrogen-bond donors (Lipinski definition) is 1. The highest BCUT2D eigenvalue weighted by atomic mass is 16.3. The molecule has 1 heterocycles. The molecule has 0 spiro atoms. The monoisotopic (exact) mass is 302 g/mol. The van der Waals surface area contributed by atoms with Crippen LogP contribution in [-0.2, 0) is 6.42 Å². The Balaban J connectivity index is 1.57. The zero-order chi connectivity index (χ0) is 15.5. The van der Waals surface area contributed by atoms with Crippen LogP contribution in [-0.4, -0.2) is 59.1 Å². The maximum atomic E-state index is 12.5. The van der Waals surface area contributed by atoms with Crippen molar-refractivity contribution in [2.24, 2.45) is 0 Å². The van der Waals surface area contributed by atoms with Gasteiger partial charge in [0.15, 0.2) is 0 Å². The number of rotatable bonds is 3. The van der Waals surface area contributed by atoms with Gasteiger partial charge < -0.3 is 10.0 Å². The molecule has 2 atom stereocenters. The Kier molecular flexibility index (Phi) is 4.79. The average Bonchev–Trinajstić information content (AvgIpc) is 3.00. The first kappa shape index (κ1) is 15.5. The van der Waals surface area contributed by atoms with Crippen LogP contribution < -0.4 is 0 Å². The molecule has 2 aliphatic rings. The highest BCUT2D eigenvalue weighted by Gasteiger charge is 2.33. The third-order valence-corrected chi connectivity index (χ3v) is 5.12. The second-order valence-corrected chi connectivity index (χ2v) is 6.44. The maximum Gasteiger partial charge on any atom is 0.253 e. The van der Waals surface area contributed by atoms with Gasteiger partial charge in [-0.15, -0.1) is 0 Å². The third-order valence-electron chi connectivity index (χ3n) is 5.12. The molecule has 2 unspecified atom stereocenters. The van der Waals surface area contributed by atoms with Gasteiger partial charge in [-0.25, -0.2) is 0 Å². The van der Waals surface area contributed by atoms with Crippen molar-refractivity contribution < 1.29 is 9.90 Å². The average molecular weight is 302 g/mol. The lowest BCUT2D eigenvalue weighted by molar-refractivity contribution is 0.0315. The molecule has 1 aromatic carbocycles. The van der Waals surface area contributed by atoms with Gasteiger partial charge >= 0.3 is 0 Å². The summed E-state index contributed by atoms with van der Waals surface area (Å²) in [5.74, 6) is 0.134. The smallest absolute Gasteiger partial charge is 0.253 e. The van der Waals surface area contributed by atoms with E-state index < -0.39 is 0 Å². The first-order valence-corrected chi connectivity index (χ1v) is 8.49. The molecule has 1 aliphatic heterocycles. The van der Waals surface area contributed by atoms with E-state index in [1.54, 1.807) is 0 Å². The summed E-state index contributed by atoms with van der Waals surface area (Å²) in [6.45, 7) is 5.39. The first-order chi connectivity index (χ1) is 10.7. The molecule has 2 fully saturated rings. The fraction of sp³-hybridized carbons (Fsp3) is 0.611. The number of carbonyl (C=O) groups is 1. The molecule has 1 aromatic rings. The largest absolute Gasteiger partial charge is 0.391 e. The summed E-state index contributed by atoms with van der Waals surface area (Å²) in [5.41, 5.74) is 2.04. The molecule has 4 nitrogen and oxygen atoms in total. The van der Waals surface area contributed by atoms with Crippen LogP contribution >= 0.6 is 0 Å². The van der Waals surface area contributed by atoms with Crippen molar-refractivity contribution in [2.45, 2.75) is 44.8 Å². The number of piperazine rings is 1. The molecule has 1 aliphatic carbocycles. The second-order valence-electron chi connectivity index (χ2n) is 6.44. The van der Waals surface area contributed by atoms with E-state index in [1.807, 2.05) is 29.2 Å². The number of aryl methyl sites for hydroxylation is 1. The predicted octanol–water partition coefficient (Wildman–Crippen LogP) is 1.92. The van der Waals surface area contributed by atoms with E-state index in [0.29, 0.717) is 6.04 Å². The molecular formula is C18H26N2O2. The summed E-state index contributed by atoms with van der Waals surface area (Å²) in [5, 5.41) is 10.0. The van der Waals surface area contributed by atoms with Crippen LogP contribution in [0.5, 0.6) is 0 Å². The number of carbonyl (C=O) groups excluding carboxylic acids is 1. The molecule has 1 amide bonds. The Morgan fingerprint density at radius 2 is 1.82 bits per heavy atom. The van der Waals surface area contributed by atoms with Crippen LogP contribution in [0.4, 0.5) is 0 Å². The molecule has 0 aromatic heterocycles. The van der Waals surface area contributed by atoms with E-state index in [1.165, 1.54) is 5.56 Å². The van der Waals surface area contributed by atoms with Crippen LogP contribution in [0.15, 0.2) is 24.3 Å².